The molecule has 1 aromatic rings. The third kappa shape index (κ3) is 9.65. The number of aliphatic imine (C=N–C) groups is 1. The maximum Gasteiger partial charge on any atom is 0.191 e. The van der Waals surface area contributed by atoms with E-state index in [4.69, 9.17) is 4.74 Å². The fraction of sp³-hybridized carbons (Fsp3) is 0.667. The van der Waals surface area contributed by atoms with E-state index in [-0.39, 0.29) is 24.0 Å². The zero-order valence-electron chi connectivity index (χ0n) is 17.2. The monoisotopic (exact) mass is 488 g/mol. The normalized spacial score (nSPS) is 15.9. The molecule has 6 heteroatoms. The number of halogens is 1. The Hall–Kier alpha value is -1.02. The molecule has 0 atom stereocenters. The van der Waals surface area contributed by atoms with Gasteiger partial charge in [0.15, 0.2) is 5.96 Å². The van der Waals surface area contributed by atoms with E-state index in [1.165, 1.54) is 50.9 Å². The summed E-state index contributed by atoms with van der Waals surface area (Å²) in [5.74, 6) is 2.69. The average molecular weight is 488 g/mol. The summed E-state index contributed by atoms with van der Waals surface area (Å²) in [5.41, 5.74) is 1.18. The minimum Gasteiger partial charge on any atom is -0.497 e. The molecule has 0 aliphatic carbocycles. The molecule has 2 N–H and O–H groups in total. The van der Waals surface area contributed by atoms with Crippen LogP contribution in [0.2, 0.25) is 0 Å². The Bertz CT molecular complexity index is 527. The number of likely N-dealkylation sites (tertiary alicyclic amines) is 1. The molecular formula is C21H37IN4O. The molecule has 0 saturated carbocycles. The third-order valence-corrected chi connectivity index (χ3v) is 4.99. The van der Waals surface area contributed by atoms with Gasteiger partial charge in [0.1, 0.15) is 5.75 Å². The van der Waals surface area contributed by atoms with Crippen molar-refractivity contribution < 1.29 is 4.74 Å². The second kappa shape index (κ2) is 14.0. The van der Waals surface area contributed by atoms with Crippen LogP contribution in [-0.2, 0) is 6.54 Å². The fourth-order valence-corrected chi connectivity index (χ4v) is 3.20. The Kier molecular flexibility index (Phi) is 12.5. The van der Waals surface area contributed by atoms with Crippen LogP contribution in [0.15, 0.2) is 29.3 Å². The summed E-state index contributed by atoms with van der Waals surface area (Å²) in [6.07, 6.45) is 5.15. The summed E-state index contributed by atoms with van der Waals surface area (Å²) in [6, 6.07) is 8.08. The Balaban J connectivity index is 0.00000364. The molecule has 2 rings (SSSR count). The Labute approximate surface area is 182 Å². The fourth-order valence-electron chi connectivity index (χ4n) is 3.20. The van der Waals surface area contributed by atoms with E-state index >= 15 is 0 Å². The van der Waals surface area contributed by atoms with Crippen LogP contribution in [0, 0.1) is 5.92 Å². The van der Waals surface area contributed by atoms with Gasteiger partial charge in [0.2, 0.25) is 0 Å². The van der Waals surface area contributed by atoms with Gasteiger partial charge in [-0.15, -0.1) is 24.0 Å². The van der Waals surface area contributed by atoms with Crippen molar-refractivity contribution in [2.24, 2.45) is 10.9 Å². The van der Waals surface area contributed by atoms with Crippen LogP contribution in [-0.4, -0.2) is 50.7 Å². The second-order valence-corrected chi connectivity index (χ2v) is 7.20. The second-order valence-electron chi connectivity index (χ2n) is 7.20. The summed E-state index contributed by atoms with van der Waals surface area (Å²) in [7, 11) is 1.69. The van der Waals surface area contributed by atoms with Gasteiger partial charge in [-0.2, -0.15) is 0 Å². The number of nitrogens with zero attached hydrogens (tertiary/aromatic N) is 2. The number of benzene rings is 1. The van der Waals surface area contributed by atoms with Crippen molar-refractivity contribution in [3.05, 3.63) is 29.8 Å². The van der Waals surface area contributed by atoms with Gasteiger partial charge in [-0.05, 0) is 75.9 Å². The summed E-state index contributed by atoms with van der Waals surface area (Å²) in [5, 5.41) is 6.78. The Morgan fingerprint density at radius 2 is 1.85 bits per heavy atom. The lowest BCUT2D eigenvalue weighted by Crippen LogP contribution is -2.38. The lowest BCUT2D eigenvalue weighted by atomic mass is 9.99. The number of hydrogen-bond acceptors (Lipinski definition) is 3. The number of unbranched alkanes of at least 4 members (excludes halogenated alkanes) is 1. The van der Waals surface area contributed by atoms with Crippen molar-refractivity contribution in [2.45, 2.75) is 46.1 Å². The molecule has 0 aromatic heterocycles. The van der Waals surface area contributed by atoms with Gasteiger partial charge in [-0.1, -0.05) is 19.1 Å². The van der Waals surface area contributed by atoms with Crippen LogP contribution in [0.4, 0.5) is 0 Å². The molecule has 5 nitrogen and oxygen atoms in total. The first-order valence-electron chi connectivity index (χ1n) is 10.1. The van der Waals surface area contributed by atoms with Crippen molar-refractivity contribution in [3.8, 4) is 5.75 Å². The van der Waals surface area contributed by atoms with Gasteiger partial charge in [-0.3, -0.25) is 0 Å². The zero-order chi connectivity index (χ0) is 18.6. The van der Waals surface area contributed by atoms with Crippen molar-refractivity contribution >= 4 is 29.9 Å². The van der Waals surface area contributed by atoms with Crippen LogP contribution in [0.3, 0.4) is 0 Å². The molecule has 0 bridgehead atoms. The molecule has 154 valence electrons. The summed E-state index contributed by atoms with van der Waals surface area (Å²) >= 11 is 0. The quantitative estimate of drug-likeness (QED) is 0.240. The van der Waals surface area contributed by atoms with Crippen molar-refractivity contribution in [1.29, 1.82) is 0 Å². The number of hydrogen-bond donors (Lipinski definition) is 2. The lowest BCUT2D eigenvalue weighted by molar-refractivity contribution is 0.189. The minimum absolute atomic E-state index is 0. The van der Waals surface area contributed by atoms with E-state index in [0.717, 1.165) is 30.7 Å². The van der Waals surface area contributed by atoms with Gasteiger partial charge >= 0.3 is 0 Å². The van der Waals surface area contributed by atoms with Crippen LogP contribution in [0.25, 0.3) is 0 Å². The number of rotatable bonds is 9. The number of methoxy groups -OCH3 is 1. The zero-order valence-corrected chi connectivity index (χ0v) is 19.5. The van der Waals surface area contributed by atoms with Gasteiger partial charge < -0.3 is 20.3 Å². The highest BCUT2D eigenvalue weighted by molar-refractivity contribution is 14.0. The highest BCUT2D eigenvalue weighted by Crippen LogP contribution is 2.16. The molecule has 1 fully saturated rings. The van der Waals surface area contributed by atoms with Crippen LogP contribution in [0.5, 0.6) is 5.75 Å². The third-order valence-electron chi connectivity index (χ3n) is 4.99. The predicted molar refractivity (Wildman–Crippen MR) is 125 cm³/mol. The summed E-state index contributed by atoms with van der Waals surface area (Å²) in [6.45, 7) is 10.8. The number of ether oxygens (including phenoxy) is 1. The van der Waals surface area contributed by atoms with Crippen molar-refractivity contribution in [1.82, 2.24) is 15.5 Å². The largest absolute Gasteiger partial charge is 0.497 e. The maximum atomic E-state index is 5.19. The van der Waals surface area contributed by atoms with Crippen LogP contribution >= 0.6 is 24.0 Å². The first-order valence-corrected chi connectivity index (χ1v) is 10.1. The molecule has 1 saturated heterocycles. The van der Waals surface area contributed by atoms with E-state index < -0.39 is 0 Å². The topological polar surface area (TPSA) is 48.9 Å². The highest BCUT2D eigenvalue weighted by atomic mass is 127. The predicted octanol–water partition coefficient (Wildman–Crippen LogP) is 3.88. The molecule has 27 heavy (non-hydrogen) atoms. The highest BCUT2D eigenvalue weighted by Gasteiger charge is 2.14. The van der Waals surface area contributed by atoms with Crippen molar-refractivity contribution in [2.75, 3.05) is 39.8 Å². The Morgan fingerprint density at radius 1 is 1.15 bits per heavy atom. The first-order chi connectivity index (χ1) is 12.7. The van der Waals surface area contributed by atoms with Crippen LogP contribution < -0.4 is 15.4 Å². The van der Waals surface area contributed by atoms with Gasteiger partial charge in [0, 0.05) is 13.1 Å². The molecular weight excluding hydrogens is 451 g/mol. The van der Waals surface area contributed by atoms with E-state index in [9.17, 15) is 0 Å². The van der Waals surface area contributed by atoms with Gasteiger partial charge in [0.05, 0.1) is 13.7 Å². The summed E-state index contributed by atoms with van der Waals surface area (Å²) < 4.78 is 5.19. The van der Waals surface area contributed by atoms with Gasteiger partial charge in [0.25, 0.3) is 0 Å². The molecule has 0 amide bonds. The first kappa shape index (κ1) is 24.0. The SMILES string of the molecule is CCNC(=NCc1ccc(OC)cc1)NCCCCN1CCC(C)CC1.I. The lowest BCUT2D eigenvalue weighted by Gasteiger charge is -2.30. The van der Waals surface area contributed by atoms with Gasteiger partial charge in [-0.25, -0.2) is 4.99 Å². The smallest absolute Gasteiger partial charge is 0.191 e. The molecule has 1 aromatic carbocycles. The molecule has 1 aliphatic rings. The maximum absolute atomic E-state index is 5.19. The summed E-state index contributed by atoms with van der Waals surface area (Å²) in [4.78, 5) is 7.29. The number of guanidine groups is 1. The van der Waals surface area contributed by atoms with E-state index in [1.54, 1.807) is 7.11 Å². The molecule has 1 heterocycles. The molecule has 0 unspecified atom stereocenters. The molecule has 1 aliphatic heterocycles. The van der Waals surface area contributed by atoms with Crippen molar-refractivity contribution in [3.63, 3.8) is 0 Å². The van der Waals surface area contributed by atoms with Crippen LogP contribution in [0.1, 0.15) is 45.1 Å². The molecule has 0 radical (unpaired) electrons. The van der Waals surface area contributed by atoms with E-state index in [0.29, 0.717) is 6.54 Å². The standard InChI is InChI=1S/C21H36N4O.HI/c1-4-22-21(24-17-19-7-9-20(26-3)10-8-19)23-13-5-6-14-25-15-11-18(2)12-16-25;/h7-10,18H,4-6,11-17H2,1-3H3,(H2,22,23,24);1H. The number of nitrogens with one attached hydrogen (secondary N) is 2. The Morgan fingerprint density at radius 3 is 2.48 bits per heavy atom. The van der Waals surface area contributed by atoms with E-state index in [1.807, 2.05) is 12.1 Å². The van der Waals surface area contributed by atoms with E-state index in [2.05, 4.69) is 46.5 Å². The minimum atomic E-state index is 0. The number of piperidine rings is 1. The average Bonchev–Trinajstić information content (AvgIpc) is 2.67. The molecule has 0 spiro atoms.